The van der Waals surface area contributed by atoms with Gasteiger partial charge in [0.1, 0.15) is 11.6 Å². The minimum Gasteiger partial charge on any atom is -0.484 e. The molecule has 0 spiro atoms. The molecule has 0 heterocycles. The van der Waals surface area contributed by atoms with Crippen molar-refractivity contribution in [2.75, 3.05) is 6.61 Å². The second kappa shape index (κ2) is 7.29. The second-order valence-electron chi connectivity index (χ2n) is 4.27. The van der Waals surface area contributed by atoms with Crippen molar-refractivity contribution >= 4 is 29.1 Å². The fraction of sp³-hybridized carbons (Fsp3) is 0.133. The average molecular weight is 328 g/mol. The zero-order chi connectivity index (χ0) is 15.2. The van der Waals surface area contributed by atoms with Crippen LogP contribution in [0.3, 0.4) is 0 Å². The van der Waals surface area contributed by atoms with Gasteiger partial charge in [0.25, 0.3) is 5.91 Å². The first-order chi connectivity index (χ1) is 10.0. The van der Waals surface area contributed by atoms with E-state index in [9.17, 15) is 9.18 Å². The van der Waals surface area contributed by atoms with E-state index in [1.54, 1.807) is 12.1 Å². The molecule has 3 nitrogen and oxygen atoms in total. The molecule has 0 fully saturated rings. The molecule has 110 valence electrons. The molecule has 2 aromatic carbocycles. The van der Waals surface area contributed by atoms with Gasteiger partial charge in [-0.3, -0.25) is 4.79 Å². The first-order valence-electron chi connectivity index (χ1n) is 6.13. The lowest BCUT2D eigenvalue weighted by molar-refractivity contribution is -0.123. The zero-order valence-corrected chi connectivity index (χ0v) is 12.4. The summed E-state index contributed by atoms with van der Waals surface area (Å²) in [5.41, 5.74) is 0.928. The van der Waals surface area contributed by atoms with E-state index in [-0.39, 0.29) is 17.5 Å². The average Bonchev–Trinajstić information content (AvgIpc) is 2.48. The standard InChI is InChI=1S/C15H12Cl2FNO2/c16-11-3-1-10(2-4-11)8-19-15(20)9-21-12-5-6-14(18)13(17)7-12/h1-7H,8-9H2,(H,19,20). The molecule has 1 amide bonds. The zero-order valence-electron chi connectivity index (χ0n) is 10.9. The van der Waals surface area contributed by atoms with E-state index in [4.69, 9.17) is 27.9 Å². The monoisotopic (exact) mass is 327 g/mol. The van der Waals surface area contributed by atoms with Gasteiger partial charge >= 0.3 is 0 Å². The fourth-order valence-electron chi connectivity index (χ4n) is 1.57. The Balaban J connectivity index is 1.79. The minimum absolute atomic E-state index is 0.0472. The summed E-state index contributed by atoms with van der Waals surface area (Å²) in [5.74, 6) is -0.482. The van der Waals surface area contributed by atoms with Crippen LogP contribution in [0.4, 0.5) is 4.39 Å². The molecule has 0 bridgehead atoms. The van der Waals surface area contributed by atoms with Gasteiger partial charge in [-0.25, -0.2) is 4.39 Å². The third-order valence-electron chi connectivity index (χ3n) is 2.66. The molecule has 6 heteroatoms. The number of carbonyl (C=O) groups excluding carboxylic acids is 1. The van der Waals surface area contributed by atoms with Crippen molar-refractivity contribution in [1.82, 2.24) is 5.32 Å². The molecule has 0 saturated heterocycles. The molecule has 0 aliphatic heterocycles. The van der Waals surface area contributed by atoms with E-state index in [1.165, 1.54) is 18.2 Å². The van der Waals surface area contributed by atoms with Crippen molar-refractivity contribution in [3.63, 3.8) is 0 Å². The van der Waals surface area contributed by atoms with Crippen LogP contribution < -0.4 is 10.1 Å². The van der Waals surface area contributed by atoms with E-state index in [0.717, 1.165) is 5.56 Å². The summed E-state index contributed by atoms with van der Waals surface area (Å²) in [4.78, 5) is 11.6. The molecule has 0 aliphatic rings. The highest BCUT2D eigenvalue weighted by molar-refractivity contribution is 6.31. The van der Waals surface area contributed by atoms with Crippen LogP contribution >= 0.6 is 23.2 Å². The summed E-state index contributed by atoms with van der Waals surface area (Å²) in [7, 11) is 0. The number of halogens is 3. The van der Waals surface area contributed by atoms with E-state index >= 15 is 0 Å². The number of nitrogens with one attached hydrogen (secondary N) is 1. The Morgan fingerprint density at radius 1 is 1.14 bits per heavy atom. The lowest BCUT2D eigenvalue weighted by Gasteiger charge is -2.08. The number of rotatable bonds is 5. The number of benzene rings is 2. The molecule has 0 saturated carbocycles. The molecular formula is C15H12Cl2FNO2. The molecule has 0 aromatic heterocycles. The second-order valence-corrected chi connectivity index (χ2v) is 5.11. The van der Waals surface area contributed by atoms with Crippen LogP contribution in [0, 0.1) is 5.82 Å². The maximum atomic E-state index is 13.0. The minimum atomic E-state index is -0.531. The van der Waals surface area contributed by atoms with Gasteiger partial charge in [-0.05, 0) is 29.8 Å². The van der Waals surface area contributed by atoms with E-state index in [1.807, 2.05) is 12.1 Å². The van der Waals surface area contributed by atoms with Crippen molar-refractivity contribution in [2.45, 2.75) is 6.54 Å². The normalized spacial score (nSPS) is 10.2. The number of hydrogen-bond donors (Lipinski definition) is 1. The lowest BCUT2D eigenvalue weighted by atomic mass is 10.2. The molecule has 2 rings (SSSR count). The van der Waals surface area contributed by atoms with Crippen LogP contribution in [0.5, 0.6) is 5.75 Å². The van der Waals surface area contributed by atoms with Crippen molar-refractivity contribution in [2.24, 2.45) is 0 Å². The first-order valence-corrected chi connectivity index (χ1v) is 6.89. The maximum Gasteiger partial charge on any atom is 0.258 e. The van der Waals surface area contributed by atoms with Crippen molar-refractivity contribution in [3.05, 3.63) is 63.9 Å². The van der Waals surface area contributed by atoms with Crippen molar-refractivity contribution in [3.8, 4) is 5.75 Å². The van der Waals surface area contributed by atoms with Crippen LogP contribution in [0.1, 0.15) is 5.56 Å². The van der Waals surface area contributed by atoms with Crippen molar-refractivity contribution < 1.29 is 13.9 Å². The van der Waals surface area contributed by atoms with Crippen LogP contribution in [-0.2, 0) is 11.3 Å². The van der Waals surface area contributed by atoms with Gasteiger partial charge in [-0.1, -0.05) is 35.3 Å². The van der Waals surface area contributed by atoms with E-state index in [0.29, 0.717) is 17.3 Å². The van der Waals surface area contributed by atoms with Gasteiger partial charge in [0.2, 0.25) is 0 Å². The van der Waals surface area contributed by atoms with Crippen LogP contribution in [0.15, 0.2) is 42.5 Å². The van der Waals surface area contributed by atoms with Crippen LogP contribution in [-0.4, -0.2) is 12.5 Å². The van der Waals surface area contributed by atoms with Crippen LogP contribution in [0.25, 0.3) is 0 Å². The Bertz CT molecular complexity index is 632. The molecule has 1 N–H and O–H groups in total. The highest BCUT2D eigenvalue weighted by Crippen LogP contribution is 2.20. The summed E-state index contributed by atoms with van der Waals surface area (Å²) in [5, 5.41) is 3.29. The van der Waals surface area contributed by atoms with Gasteiger partial charge in [-0.15, -0.1) is 0 Å². The topological polar surface area (TPSA) is 38.3 Å². The Labute approximate surface area is 131 Å². The highest BCUT2D eigenvalue weighted by atomic mass is 35.5. The van der Waals surface area contributed by atoms with Gasteiger partial charge in [0, 0.05) is 17.6 Å². The van der Waals surface area contributed by atoms with E-state index in [2.05, 4.69) is 5.32 Å². The molecule has 0 radical (unpaired) electrons. The summed E-state index contributed by atoms with van der Waals surface area (Å²) >= 11 is 11.4. The number of amides is 1. The van der Waals surface area contributed by atoms with Gasteiger partial charge in [0.05, 0.1) is 5.02 Å². The summed E-state index contributed by atoms with van der Waals surface area (Å²) in [6.07, 6.45) is 0. The summed E-state index contributed by atoms with van der Waals surface area (Å²) < 4.78 is 18.2. The Kier molecular flexibility index (Phi) is 5.42. The highest BCUT2D eigenvalue weighted by Gasteiger charge is 2.05. The third kappa shape index (κ3) is 4.92. The van der Waals surface area contributed by atoms with E-state index < -0.39 is 5.82 Å². The Hall–Kier alpha value is -1.78. The molecule has 0 unspecified atom stereocenters. The lowest BCUT2D eigenvalue weighted by Crippen LogP contribution is -2.28. The number of carbonyl (C=O) groups is 1. The molecule has 0 atom stereocenters. The SMILES string of the molecule is O=C(COc1ccc(F)c(Cl)c1)NCc1ccc(Cl)cc1. The maximum absolute atomic E-state index is 13.0. The smallest absolute Gasteiger partial charge is 0.258 e. The Morgan fingerprint density at radius 2 is 1.86 bits per heavy atom. The predicted molar refractivity (Wildman–Crippen MR) is 80.2 cm³/mol. The molecule has 2 aromatic rings. The van der Waals surface area contributed by atoms with Crippen molar-refractivity contribution in [1.29, 1.82) is 0 Å². The van der Waals surface area contributed by atoms with Crippen LogP contribution in [0.2, 0.25) is 10.0 Å². The fourth-order valence-corrected chi connectivity index (χ4v) is 1.87. The van der Waals surface area contributed by atoms with Gasteiger partial charge in [0.15, 0.2) is 6.61 Å². The number of hydrogen-bond acceptors (Lipinski definition) is 2. The Morgan fingerprint density at radius 3 is 2.52 bits per heavy atom. The summed E-state index contributed by atoms with van der Waals surface area (Å²) in [6.45, 7) is 0.207. The van der Waals surface area contributed by atoms with Gasteiger partial charge in [-0.2, -0.15) is 0 Å². The van der Waals surface area contributed by atoms with Gasteiger partial charge < -0.3 is 10.1 Å². The predicted octanol–water partition coefficient (Wildman–Crippen LogP) is 3.83. The molecular weight excluding hydrogens is 316 g/mol. The quantitative estimate of drug-likeness (QED) is 0.906. The third-order valence-corrected chi connectivity index (χ3v) is 3.21. The first kappa shape index (κ1) is 15.6. The molecule has 21 heavy (non-hydrogen) atoms. The largest absolute Gasteiger partial charge is 0.484 e. The number of ether oxygens (including phenoxy) is 1. The molecule has 0 aliphatic carbocycles. The summed E-state index contributed by atoms with van der Waals surface area (Å²) in [6, 6.07) is 11.1.